The van der Waals surface area contributed by atoms with Gasteiger partial charge in [0.2, 0.25) is 0 Å². The number of aryl methyl sites for hydroxylation is 2. The molecule has 2 atom stereocenters. The molecule has 174 valence electrons. The van der Waals surface area contributed by atoms with Gasteiger partial charge in [-0.1, -0.05) is 12.1 Å². The molecule has 3 N–H and O–H groups in total. The number of nitrogens with two attached hydrogens (primary N) is 1. The number of ether oxygens (including phenoxy) is 1. The molecule has 0 aliphatic carbocycles. The molecule has 2 aromatic heterocycles. The third-order valence-corrected chi connectivity index (χ3v) is 6.92. The molecule has 2 unspecified atom stereocenters. The Morgan fingerprint density at radius 2 is 1.66 bits per heavy atom. The summed E-state index contributed by atoms with van der Waals surface area (Å²) < 4.78 is 8.23. The van der Waals surface area contributed by atoms with Crippen molar-refractivity contribution in [3.63, 3.8) is 0 Å². The zero-order valence-electron chi connectivity index (χ0n) is 19.4. The van der Waals surface area contributed by atoms with Gasteiger partial charge in [-0.05, 0) is 77.6 Å². The molecule has 7 heteroatoms. The summed E-state index contributed by atoms with van der Waals surface area (Å²) >= 11 is 0. The van der Waals surface area contributed by atoms with Crippen LogP contribution in [0.25, 0.3) is 5.69 Å². The van der Waals surface area contributed by atoms with Gasteiger partial charge in [-0.3, -0.25) is 9.59 Å². The fourth-order valence-corrected chi connectivity index (χ4v) is 5.15. The molecule has 2 aliphatic rings. The molecule has 0 saturated carbocycles. The van der Waals surface area contributed by atoms with E-state index in [1.54, 1.807) is 24.5 Å². The van der Waals surface area contributed by atoms with Gasteiger partial charge in [0.25, 0.3) is 5.91 Å². The second kappa shape index (κ2) is 7.92. The molecule has 35 heavy (non-hydrogen) atoms. The number of benzene rings is 2. The maximum atomic E-state index is 13.0. The normalized spacial score (nSPS) is 17.2. The smallest absolute Gasteiger partial charge is 0.251 e. The molecule has 4 aromatic rings. The number of anilines is 1. The van der Waals surface area contributed by atoms with Gasteiger partial charge >= 0.3 is 0 Å². The summed E-state index contributed by atoms with van der Waals surface area (Å²) in [5.74, 6) is 0.335. The van der Waals surface area contributed by atoms with Crippen molar-refractivity contribution in [2.24, 2.45) is 0 Å². The van der Waals surface area contributed by atoms with E-state index in [2.05, 4.69) is 22.4 Å². The summed E-state index contributed by atoms with van der Waals surface area (Å²) in [7, 11) is 0. The molecule has 0 saturated heterocycles. The van der Waals surface area contributed by atoms with Gasteiger partial charge in [-0.15, -0.1) is 0 Å². The van der Waals surface area contributed by atoms with Gasteiger partial charge in [0.1, 0.15) is 18.0 Å². The maximum Gasteiger partial charge on any atom is 0.251 e. The quantitative estimate of drug-likeness (QED) is 0.478. The topological polar surface area (TPSA) is 99.2 Å². The highest BCUT2D eigenvalue weighted by Crippen LogP contribution is 2.54. The zero-order valence-corrected chi connectivity index (χ0v) is 19.4. The summed E-state index contributed by atoms with van der Waals surface area (Å²) in [6, 6.07) is 16.9. The number of rotatable bonds is 4. The Morgan fingerprint density at radius 1 is 0.971 bits per heavy atom. The van der Waals surface area contributed by atoms with Gasteiger partial charge in [-0.25, -0.2) is 4.98 Å². The largest absolute Gasteiger partial charge is 0.384 e. The predicted octanol–water partition coefficient (Wildman–Crippen LogP) is 3.88. The predicted molar refractivity (Wildman–Crippen MR) is 133 cm³/mol. The Hall–Kier alpha value is -4.23. The summed E-state index contributed by atoms with van der Waals surface area (Å²) in [4.78, 5) is 28.8. The SMILES string of the molecule is Cc1cc(N)nc(C)c1CNC(=O)c1ccc2c(c1)C1OC2c2ccc(-n3ccc(=O)cc3)cc21. The van der Waals surface area contributed by atoms with Crippen LogP contribution >= 0.6 is 0 Å². The van der Waals surface area contributed by atoms with Crippen LogP contribution < -0.4 is 16.5 Å². The Balaban J connectivity index is 1.26. The fourth-order valence-electron chi connectivity index (χ4n) is 5.15. The van der Waals surface area contributed by atoms with Crippen LogP contribution in [-0.4, -0.2) is 15.5 Å². The van der Waals surface area contributed by atoms with Crippen molar-refractivity contribution >= 4 is 11.7 Å². The Labute approximate surface area is 202 Å². The van der Waals surface area contributed by atoms with E-state index in [1.807, 2.05) is 48.7 Å². The van der Waals surface area contributed by atoms with Gasteiger partial charge in [-0.2, -0.15) is 0 Å². The fraction of sp³-hybridized carbons (Fsp3) is 0.179. The summed E-state index contributed by atoms with van der Waals surface area (Å²) in [5, 5.41) is 3.02. The number of nitrogens with one attached hydrogen (secondary N) is 1. The number of carbonyl (C=O) groups is 1. The highest BCUT2D eigenvalue weighted by molar-refractivity contribution is 5.94. The van der Waals surface area contributed by atoms with Gasteiger partial charge in [0, 0.05) is 48.0 Å². The second-order valence-corrected chi connectivity index (χ2v) is 9.10. The van der Waals surface area contributed by atoms with Crippen LogP contribution in [0.5, 0.6) is 0 Å². The van der Waals surface area contributed by atoms with Crippen LogP contribution in [-0.2, 0) is 11.3 Å². The van der Waals surface area contributed by atoms with Gasteiger partial charge < -0.3 is 20.4 Å². The van der Waals surface area contributed by atoms with Crippen molar-refractivity contribution in [2.45, 2.75) is 32.6 Å². The van der Waals surface area contributed by atoms with Crippen molar-refractivity contribution in [1.82, 2.24) is 14.9 Å². The molecule has 2 aliphatic heterocycles. The summed E-state index contributed by atoms with van der Waals surface area (Å²) in [6.07, 6.45) is 3.17. The van der Waals surface area contributed by atoms with Crippen molar-refractivity contribution < 1.29 is 9.53 Å². The van der Waals surface area contributed by atoms with Crippen LogP contribution in [0.1, 0.15) is 61.6 Å². The number of hydrogen-bond donors (Lipinski definition) is 2. The lowest BCUT2D eigenvalue weighted by Gasteiger charge is -2.18. The van der Waals surface area contributed by atoms with E-state index in [1.165, 1.54) is 0 Å². The average molecular weight is 465 g/mol. The van der Waals surface area contributed by atoms with Crippen LogP contribution in [0.3, 0.4) is 0 Å². The minimum Gasteiger partial charge on any atom is -0.384 e. The Bertz CT molecular complexity index is 1530. The minimum atomic E-state index is -0.220. The van der Waals surface area contributed by atoms with E-state index in [-0.39, 0.29) is 23.5 Å². The highest BCUT2D eigenvalue weighted by atomic mass is 16.5. The molecule has 2 bridgehead atoms. The molecule has 0 spiro atoms. The van der Waals surface area contributed by atoms with Crippen LogP contribution in [0.2, 0.25) is 0 Å². The van der Waals surface area contributed by atoms with E-state index in [0.717, 1.165) is 44.8 Å². The molecule has 0 fully saturated rings. The van der Waals surface area contributed by atoms with Crippen LogP contribution in [0.15, 0.2) is 71.8 Å². The summed E-state index contributed by atoms with van der Waals surface area (Å²) in [5.41, 5.74) is 14.5. The van der Waals surface area contributed by atoms with E-state index in [9.17, 15) is 9.59 Å². The Kier molecular flexibility index (Phi) is 4.82. The molecular formula is C28H24N4O3. The lowest BCUT2D eigenvalue weighted by atomic mass is 9.85. The zero-order chi connectivity index (χ0) is 24.3. The molecule has 7 nitrogen and oxygen atoms in total. The Morgan fingerprint density at radius 3 is 2.40 bits per heavy atom. The first-order valence-corrected chi connectivity index (χ1v) is 11.5. The number of aromatic nitrogens is 2. The van der Waals surface area contributed by atoms with Crippen molar-refractivity contribution in [3.05, 3.63) is 122 Å². The number of carbonyl (C=O) groups excluding carboxylic acids is 1. The van der Waals surface area contributed by atoms with Crippen molar-refractivity contribution in [2.75, 3.05) is 5.73 Å². The number of amides is 1. The highest BCUT2D eigenvalue weighted by Gasteiger charge is 2.43. The third-order valence-electron chi connectivity index (χ3n) is 6.92. The van der Waals surface area contributed by atoms with E-state index < -0.39 is 0 Å². The molecule has 0 radical (unpaired) electrons. The monoisotopic (exact) mass is 464 g/mol. The van der Waals surface area contributed by atoms with Crippen molar-refractivity contribution in [1.29, 1.82) is 0 Å². The van der Waals surface area contributed by atoms with E-state index in [0.29, 0.717) is 17.9 Å². The number of pyridine rings is 2. The van der Waals surface area contributed by atoms with Crippen LogP contribution in [0.4, 0.5) is 5.82 Å². The summed E-state index contributed by atoms with van der Waals surface area (Å²) in [6.45, 7) is 4.25. The first kappa shape index (κ1) is 21.3. The lowest BCUT2D eigenvalue weighted by molar-refractivity contribution is 0.0857. The number of nitrogen functional groups attached to an aromatic ring is 1. The number of fused-ring (bicyclic) bond motifs is 8. The first-order chi connectivity index (χ1) is 16.9. The number of hydrogen-bond acceptors (Lipinski definition) is 5. The average Bonchev–Trinajstić information content (AvgIpc) is 3.40. The standard InChI is InChI=1S/C28H24N4O3/c1-15-11-25(29)31-16(2)24(15)14-30-28(34)17-3-5-20-22(12-17)27-23-13-18(4-6-21(23)26(20)35-27)32-9-7-19(33)8-10-32/h3-13,26-27H,14H2,1-2H3,(H2,29,31)(H,30,34). The second-order valence-electron chi connectivity index (χ2n) is 9.10. The molecular weight excluding hydrogens is 440 g/mol. The minimum absolute atomic E-state index is 0.0255. The maximum absolute atomic E-state index is 13.0. The van der Waals surface area contributed by atoms with E-state index in [4.69, 9.17) is 10.5 Å². The van der Waals surface area contributed by atoms with Gasteiger partial charge in [0.05, 0.1) is 0 Å². The third kappa shape index (κ3) is 3.52. The van der Waals surface area contributed by atoms with E-state index >= 15 is 0 Å². The molecule has 4 heterocycles. The first-order valence-electron chi connectivity index (χ1n) is 11.5. The van der Waals surface area contributed by atoms with Crippen molar-refractivity contribution in [3.8, 4) is 5.69 Å². The number of nitrogens with zero attached hydrogens (tertiary/aromatic N) is 2. The van der Waals surface area contributed by atoms with Crippen LogP contribution in [0, 0.1) is 13.8 Å². The molecule has 2 aromatic carbocycles. The molecule has 1 amide bonds. The molecule has 6 rings (SSSR count). The van der Waals surface area contributed by atoms with Gasteiger partial charge in [0.15, 0.2) is 5.43 Å². The lowest BCUT2D eigenvalue weighted by Crippen LogP contribution is -2.24.